The van der Waals surface area contributed by atoms with Crippen LogP contribution in [0.3, 0.4) is 0 Å². The third kappa shape index (κ3) is 4.79. The molecule has 0 N–H and O–H groups in total. The Hall–Kier alpha value is -3.54. The molecule has 2 aromatic heterocycles. The number of rotatable bonds is 8. The molecule has 0 aliphatic carbocycles. The van der Waals surface area contributed by atoms with Crippen LogP contribution < -0.4 is 4.74 Å². The molecule has 0 aliphatic heterocycles. The monoisotopic (exact) mass is 413 g/mol. The van der Waals surface area contributed by atoms with Crippen molar-refractivity contribution in [2.75, 3.05) is 0 Å². The van der Waals surface area contributed by atoms with E-state index < -0.39 is 0 Å². The molecule has 0 radical (unpaired) electrons. The highest BCUT2D eigenvalue weighted by Crippen LogP contribution is 2.33. The predicted molar refractivity (Wildman–Crippen MR) is 121 cm³/mol. The van der Waals surface area contributed by atoms with E-state index >= 15 is 0 Å². The van der Waals surface area contributed by atoms with E-state index in [1.807, 2.05) is 37.3 Å². The van der Waals surface area contributed by atoms with Gasteiger partial charge in [0.2, 0.25) is 0 Å². The maximum Gasteiger partial charge on any atom is 0.181 e. The minimum absolute atomic E-state index is 0.293. The number of hydrogen-bond acceptors (Lipinski definition) is 5. The van der Waals surface area contributed by atoms with Gasteiger partial charge in [-0.1, -0.05) is 56.3 Å². The summed E-state index contributed by atoms with van der Waals surface area (Å²) in [7, 11) is 0. The van der Waals surface area contributed by atoms with E-state index in [4.69, 9.17) is 4.74 Å². The zero-order chi connectivity index (χ0) is 21.6. The Morgan fingerprint density at radius 3 is 2.23 bits per heavy atom. The molecule has 2 aromatic carbocycles. The van der Waals surface area contributed by atoms with Crippen molar-refractivity contribution in [1.82, 2.24) is 25.2 Å². The number of benzene rings is 2. The van der Waals surface area contributed by atoms with Crippen LogP contribution in [0.2, 0.25) is 0 Å². The van der Waals surface area contributed by atoms with Crippen molar-refractivity contribution in [3.8, 4) is 17.1 Å². The molecule has 0 saturated heterocycles. The standard InChI is InChI=1S/C25H27N5O/c1-4-30-25(27-28-29-30)21-10-8-19(9-11-21)24(18(2)3)20-12-14-23(15-13-20)31-17-22-7-5-6-16-26-22/h5-16,18,24H,4,17H2,1-3H3. The first-order valence-electron chi connectivity index (χ1n) is 10.6. The number of tetrazole rings is 1. The van der Waals surface area contributed by atoms with E-state index in [9.17, 15) is 0 Å². The molecule has 31 heavy (non-hydrogen) atoms. The second-order valence-corrected chi connectivity index (χ2v) is 7.84. The van der Waals surface area contributed by atoms with Crippen LogP contribution in [0.15, 0.2) is 72.9 Å². The van der Waals surface area contributed by atoms with Crippen molar-refractivity contribution in [3.05, 3.63) is 89.7 Å². The van der Waals surface area contributed by atoms with Gasteiger partial charge in [-0.15, -0.1) is 5.10 Å². The van der Waals surface area contributed by atoms with Crippen LogP contribution in [0.25, 0.3) is 11.4 Å². The Labute approximate surface area is 182 Å². The summed E-state index contributed by atoms with van der Waals surface area (Å²) < 4.78 is 7.69. The van der Waals surface area contributed by atoms with Crippen molar-refractivity contribution in [2.45, 2.75) is 39.8 Å². The van der Waals surface area contributed by atoms with Gasteiger partial charge in [0.05, 0.1) is 5.69 Å². The first-order valence-corrected chi connectivity index (χ1v) is 10.6. The molecule has 4 aromatic rings. The van der Waals surface area contributed by atoms with Gasteiger partial charge in [-0.25, -0.2) is 4.68 Å². The van der Waals surface area contributed by atoms with Crippen LogP contribution in [0.4, 0.5) is 0 Å². The fourth-order valence-electron chi connectivity index (χ4n) is 3.84. The van der Waals surface area contributed by atoms with Crippen LogP contribution in [0.5, 0.6) is 5.75 Å². The fourth-order valence-corrected chi connectivity index (χ4v) is 3.84. The van der Waals surface area contributed by atoms with Crippen LogP contribution in [0, 0.1) is 5.92 Å². The van der Waals surface area contributed by atoms with Gasteiger partial charge in [0.1, 0.15) is 12.4 Å². The molecule has 0 fully saturated rings. The summed E-state index contributed by atoms with van der Waals surface area (Å²) in [5.74, 6) is 2.39. The lowest BCUT2D eigenvalue weighted by Crippen LogP contribution is -2.09. The molecule has 0 saturated carbocycles. The number of aromatic nitrogens is 5. The maximum absolute atomic E-state index is 5.89. The summed E-state index contributed by atoms with van der Waals surface area (Å²) in [4.78, 5) is 4.30. The second kappa shape index (κ2) is 9.51. The van der Waals surface area contributed by atoms with Crippen LogP contribution in [-0.2, 0) is 13.2 Å². The van der Waals surface area contributed by atoms with E-state index in [0.29, 0.717) is 18.4 Å². The predicted octanol–water partition coefficient (Wildman–Crippen LogP) is 5.12. The minimum atomic E-state index is 0.293. The lowest BCUT2D eigenvalue weighted by molar-refractivity contribution is 0.301. The SMILES string of the molecule is CCn1nnnc1-c1ccc(C(c2ccc(OCc3ccccn3)cc2)C(C)C)cc1. The third-order valence-corrected chi connectivity index (χ3v) is 5.38. The summed E-state index contributed by atoms with van der Waals surface area (Å²) in [6, 6.07) is 22.8. The topological polar surface area (TPSA) is 65.7 Å². The first kappa shape index (κ1) is 20.7. The molecular weight excluding hydrogens is 386 g/mol. The van der Waals surface area contributed by atoms with Crippen LogP contribution in [-0.4, -0.2) is 25.2 Å². The van der Waals surface area contributed by atoms with E-state index in [1.54, 1.807) is 10.9 Å². The van der Waals surface area contributed by atoms with Crippen molar-refractivity contribution < 1.29 is 4.74 Å². The van der Waals surface area contributed by atoms with Crippen molar-refractivity contribution in [2.24, 2.45) is 5.92 Å². The lowest BCUT2D eigenvalue weighted by atomic mass is 9.82. The largest absolute Gasteiger partial charge is 0.487 e. The number of ether oxygens (including phenoxy) is 1. The lowest BCUT2D eigenvalue weighted by Gasteiger charge is -2.22. The molecule has 2 heterocycles. The van der Waals surface area contributed by atoms with Gasteiger partial charge in [0, 0.05) is 24.2 Å². The highest BCUT2D eigenvalue weighted by atomic mass is 16.5. The van der Waals surface area contributed by atoms with E-state index in [2.05, 4.69) is 70.8 Å². The van der Waals surface area contributed by atoms with Crippen molar-refractivity contribution in [1.29, 1.82) is 0 Å². The normalized spacial score (nSPS) is 12.1. The smallest absolute Gasteiger partial charge is 0.181 e. The summed E-state index contributed by atoms with van der Waals surface area (Å²) >= 11 is 0. The number of aryl methyl sites for hydroxylation is 1. The Balaban J connectivity index is 1.51. The Kier molecular flexibility index (Phi) is 6.36. The Morgan fingerprint density at radius 2 is 1.61 bits per heavy atom. The third-order valence-electron chi connectivity index (χ3n) is 5.38. The highest BCUT2D eigenvalue weighted by Gasteiger charge is 2.19. The van der Waals surface area contributed by atoms with Gasteiger partial charge in [-0.05, 0) is 58.7 Å². The first-order chi connectivity index (χ1) is 15.2. The number of nitrogens with zero attached hydrogens (tertiary/aromatic N) is 5. The molecule has 6 nitrogen and oxygen atoms in total. The van der Waals surface area contributed by atoms with E-state index in [-0.39, 0.29) is 0 Å². The van der Waals surface area contributed by atoms with Gasteiger partial charge in [-0.2, -0.15) is 0 Å². The molecule has 4 rings (SSSR count). The molecule has 0 bridgehead atoms. The number of hydrogen-bond donors (Lipinski definition) is 0. The molecule has 1 atom stereocenters. The van der Waals surface area contributed by atoms with E-state index in [1.165, 1.54) is 11.1 Å². The van der Waals surface area contributed by atoms with Crippen LogP contribution >= 0.6 is 0 Å². The Bertz CT molecular complexity index is 1090. The van der Waals surface area contributed by atoms with Gasteiger partial charge in [-0.3, -0.25) is 4.98 Å². The van der Waals surface area contributed by atoms with Gasteiger partial charge >= 0.3 is 0 Å². The zero-order valence-electron chi connectivity index (χ0n) is 18.1. The summed E-state index contributed by atoms with van der Waals surface area (Å²) in [6.07, 6.45) is 1.78. The van der Waals surface area contributed by atoms with Gasteiger partial charge in [0.25, 0.3) is 0 Å². The highest BCUT2D eigenvalue weighted by molar-refractivity contribution is 5.55. The average Bonchev–Trinajstić information content (AvgIpc) is 3.29. The van der Waals surface area contributed by atoms with Gasteiger partial charge < -0.3 is 4.74 Å². The summed E-state index contributed by atoms with van der Waals surface area (Å²) in [6.45, 7) is 7.75. The van der Waals surface area contributed by atoms with Crippen molar-refractivity contribution in [3.63, 3.8) is 0 Å². The van der Waals surface area contributed by atoms with Crippen molar-refractivity contribution >= 4 is 0 Å². The van der Waals surface area contributed by atoms with E-state index in [0.717, 1.165) is 29.4 Å². The zero-order valence-corrected chi connectivity index (χ0v) is 18.1. The average molecular weight is 414 g/mol. The molecular formula is C25H27N5O. The second-order valence-electron chi connectivity index (χ2n) is 7.84. The van der Waals surface area contributed by atoms with Gasteiger partial charge in [0.15, 0.2) is 5.82 Å². The molecule has 0 aliphatic rings. The maximum atomic E-state index is 5.89. The molecule has 1 unspecified atom stereocenters. The summed E-state index contributed by atoms with van der Waals surface area (Å²) in [5.41, 5.74) is 4.49. The van der Waals surface area contributed by atoms with Crippen LogP contribution in [0.1, 0.15) is 43.5 Å². The molecule has 0 amide bonds. The molecule has 0 spiro atoms. The fraction of sp³-hybridized carbons (Fsp3) is 0.280. The Morgan fingerprint density at radius 1 is 0.903 bits per heavy atom. The quantitative estimate of drug-likeness (QED) is 0.401. The number of pyridine rings is 1. The molecule has 6 heteroatoms. The minimum Gasteiger partial charge on any atom is -0.487 e. The molecule has 158 valence electrons. The summed E-state index contributed by atoms with van der Waals surface area (Å²) in [5, 5.41) is 12.0.